The third kappa shape index (κ3) is 6.00. The van der Waals surface area contributed by atoms with E-state index in [9.17, 15) is 4.79 Å². The monoisotopic (exact) mass is 219 g/mol. The minimum absolute atomic E-state index is 0.215. The average Bonchev–Trinajstić information content (AvgIpc) is 2.12. The molecule has 0 aromatic rings. The van der Waals surface area contributed by atoms with E-state index in [4.69, 9.17) is 16.3 Å². The van der Waals surface area contributed by atoms with Crippen LogP contribution in [0.25, 0.3) is 0 Å². The first-order chi connectivity index (χ1) is 6.61. The molecule has 14 heavy (non-hydrogen) atoms. The normalized spacial score (nSPS) is 12.2. The minimum atomic E-state index is -0.268. The third-order valence-corrected chi connectivity index (χ3v) is 1.82. The third-order valence-electron chi connectivity index (χ3n) is 1.69. The Hall–Kier alpha value is -0.540. The van der Waals surface area contributed by atoms with Crippen molar-refractivity contribution in [3.05, 3.63) is 11.6 Å². The van der Waals surface area contributed by atoms with Crippen LogP contribution in [0.15, 0.2) is 11.6 Å². The van der Waals surface area contributed by atoms with Crippen LogP contribution >= 0.6 is 11.6 Å². The molecule has 0 saturated heterocycles. The molecule has 1 N–H and O–H groups in total. The van der Waals surface area contributed by atoms with Crippen LogP contribution in [0.4, 0.5) is 0 Å². The van der Waals surface area contributed by atoms with Crippen LogP contribution in [0.3, 0.4) is 0 Å². The molecule has 0 saturated carbocycles. The summed E-state index contributed by atoms with van der Waals surface area (Å²) in [4.78, 5) is 11.4. The Bertz CT molecular complexity index is 195. The van der Waals surface area contributed by atoms with Crippen LogP contribution in [-0.2, 0) is 9.53 Å². The van der Waals surface area contributed by atoms with Crippen LogP contribution in [0, 0.1) is 0 Å². The van der Waals surface area contributed by atoms with Gasteiger partial charge in [0, 0.05) is 11.6 Å². The quantitative estimate of drug-likeness (QED) is 0.667. The first-order valence-electron chi connectivity index (χ1n) is 4.85. The van der Waals surface area contributed by atoms with Crippen LogP contribution < -0.4 is 5.32 Å². The molecular weight excluding hydrogens is 202 g/mol. The van der Waals surface area contributed by atoms with Gasteiger partial charge in [-0.2, -0.15) is 0 Å². The van der Waals surface area contributed by atoms with Crippen LogP contribution in [0.1, 0.15) is 26.7 Å². The van der Waals surface area contributed by atoms with Crippen molar-refractivity contribution in [2.24, 2.45) is 0 Å². The van der Waals surface area contributed by atoms with E-state index in [1.165, 1.54) is 0 Å². The minimum Gasteiger partial charge on any atom is -0.465 e. The van der Waals surface area contributed by atoms with Crippen molar-refractivity contribution in [1.29, 1.82) is 0 Å². The van der Waals surface area contributed by atoms with Gasteiger partial charge in [0.25, 0.3) is 0 Å². The van der Waals surface area contributed by atoms with Gasteiger partial charge in [0.2, 0.25) is 0 Å². The number of halogens is 1. The number of esters is 1. The number of rotatable bonds is 7. The standard InChI is InChI=1S/C10H18ClNO2/c1-4-6-9(10(13)14-5-2)12-7-8(3)11/h9,12H,3-7H2,1-2H3. The van der Waals surface area contributed by atoms with Crippen molar-refractivity contribution < 1.29 is 9.53 Å². The van der Waals surface area contributed by atoms with E-state index in [2.05, 4.69) is 11.9 Å². The van der Waals surface area contributed by atoms with Crippen molar-refractivity contribution in [3.63, 3.8) is 0 Å². The molecule has 0 fully saturated rings. The van der Waals surface area contributed by atoms with E-state index in [0.29, 0.717) is 18.2 Å². The average molecular weight is 220 g/mol. The Labute approximate surface area is 90.5 Å². The molecule has 0 aliphatic rings. The zero-order chi connectivity index (χ0) is 11.0. The van der Waals surface area contributed by atoms with Gasteiger partial charge in [-0.25, -0.2) is 0 Å². The fraction of sp³-hybridized carbons (Fsp3) is 0.700. The van der Waals surface area contributed by atoms with Gasteiger partial charge in [-0.3, -0.25) is 10.1 Å². The summed E-state index contributed by atoms with van der Waals surface area (Å²) in [5, 5.41) is 3.49. The van der Waals surface area contributed by atoms with Crippen molar-refractivity contribution in [2.45, 2.75) is 32.7 Å². The smallest absolute Gasteiger partial charge is 0.323 e. The Morgan fingerprint density at radius 3 is 2.64 bits per heavy atom. The topological polar surface area (TPSA) is 38.3 Å². The number of hydrogen-bond donors (Lipinski definition) is 1. The summed E-state index contributed by atoms with van der Waals surface area (Å²) >= 11 is 5.59. The lowest BCUT2D eigenvalue weighted by Gasteiger charge is -2.15. The maximum absolute atomic E-state index is 11.4. The first kappa shape index (κ1) is 13.5. The molecule has 3 nitrogen and oxygen atoms in total. The van der Waals surface area contributed by atoms with E-state index in [0.717, 1.165) is 12.8 Å². The molecule has 0 bridgehead atoms. The summed E-state index contributed by atoms with van der Waals surface area (Å²) < 4.78 is 4.91. The van der Waals surface area contributed by atoms with Crippen LogP contribution in [-0.4, -0.2) is 25.2 Å². The zero-order valence-electron chi connectivity index (χ0n) is 8.81. The van der Waals surface area contributed by atoms with Crippen molar-refractivity contribution >= 4 is 17.6 Å². The lowest BCUT2D eigenvalue weighted by Crippen LogP contribution is -2.38. The maximum Gasteiger partial charge on any atom is 0.323 e. The second-order valence-corrected chi connectivity index (χ2v) is 3.53. The van der Waals surface area contributed by atoms with Gasteiger partial charge in [-0.15, -0.1) is 0 Å². The SMILES string of the molecule is C=C(Cl)CNC(CCC)C(=O)OCC. The lowest BCUT2D eigenvalue weighted by molar-refractivity contribution is -0.145. The number of ether oxygens (including phenoxy) is 1. The van der Waals surface area contributed by atoms with Gasteiger partial charge < -0.3 is 4.74 Å². The summed E-state index contributed by atoms with van der Waals surface area (Å²) in [6, 6.07) is -0.268. The predicted molar refractivity (Wildman–Crippen MR) is 58.3 cm³/mol. The molecule has 1 unspecified atom stereocenters. The highest BCUT2D eigenvalue weighted by atomic mass is 35.5. The lowest BCUT2D eigenvalue weighted by atomic mass is 10.1. The van der Waals surface area contributed by atoms with E-state index >= 15 is 0 Å². The van der Waals surface area contributed by atoms with Crippen molar-refractivity contribution in [1.82, 2.24) is 5.32 Å². The highest BCUT2D eigenvalue weighted by molar-refractivity contribution is 6.29. The first-order valence-corrected chi connectivity index (χ1v) is 5.22. The number of carbonyl (C=O) groups excluding carboxylic acids is 1. The molecule has 82 valence electrons. The second-order valence-electron chi connectivity index (χ2n) is 2.99. The number of hydrogen-bond acceptors (Lipinski definition) is 3. The molecule has 1 atom stereocenters. The Morgan fingerprint density at radius 2 is 2.21 bits per heavy atom. The molecule has 0 rings (SSSR count). The molecule has 0 amide bonds. The summed E-state index contributed by atoms with van der Waals surface area (Å²) in [5.41, 5.74) is 0. The fourth-order valence-electron chi connectivity index (χ4n) is 1.07. The van der Waals surface area contributed by atoms with Crippen LogP contribution in [0.5, 0.6) is 0 Å². The van der Waals surface area contributed by atoms with E-state index < -0.39 is 0 Å². The number of carbonyl (C=O) groups is 1. The molecule has 0 aromatic carbocycles. The van der Waals surface area contributed by atoms with Gasteiger partial charge in [-0.1, -0.05) is 31.5 Å². The summed E-state index contributed by atoms with van der Waals surface area (Å²) in [7, 11) is 0. The Balaban J connectivity index is 3.99. The fourth-order valence-corrected chi connectivity index (χ4v) is 1.15. The summed E-state index contributed by atoms with van der Waals surface area (Å²) in [6.45, 7) is 8.19. The summed E-state index contributed by atoms with van der Waals surface area (Å²) in [6.07, 6.45) is 1.67. The zero-order valence-corrected chi connectivity index (χ0v) is 9.56. The van der Waals surface area contributed by atoms with Gasteiger partial charge in [0.05, 0.1) is 6.61 Å². The van der Waals surface area contributed by atoms with E-state index in [1.807, 2.05) is 6.92 Å². The molecule has 0 spiro atoms. The predicted octanol–water partition coefficient (Wildman–Crippen LogP) is 2.06. The van der Waals surface area contributed by atoms with Gasteiger partial charge >= 0.3 is 5.97 Å². The van der Waals surface area contributed by atoms with Gasteiger partial charge in [-0.05, 0) is 13.3 Å². The Morgan fingerprint density at radius 1 is 1.57 bits per heavy atom. The molecule has 0 radical (unpaired) electrons. The molecular formula is C10H18ClNO2. The number of nitrogens with one attached hydrogen (secondary N) is 1. The van der Waals surface area contributed by atoms with Crippen molar-refractivity contribution in [3.8, 4) is 0 Å². The maximum atomic E-state index is 11.4. The molecule has 0 aromatic heterocycles. The summed E-state index contributed by atoms with van der Waals surface area (Å²) in [5.74, 6) is -0.215. The van der Waals surface area contributed by atoms with Crippen LogP contribution in [0.2, 0.25) is 0 Å². The largest absolute Gasteiger partial charge is 0.465 e. The van der Waals surface area contributed by atoms with Crippen molar-refractivity contribution in [2.75, 3.05) is 13.2 Å². The molecule has 0 aliphatic heterocycles. The Kier molecular flexibility index (Phi) is 7.52. The highest BCUT2D eigenvalue weighted by Crippen LogP contribution is 2.02. The second kappa shape index (κ2) is 7.83. The highest BCUT2D eigenvalue weighted by Gasteiger charge is 2.17. The molecule has 4 heteroatoms. The van der Waals surface area contributed by atoms with Gasteiger partial charge in [0.15, 0.2) is 0 Å². The molecule has 0 heterocycles. The van der Waals surface area contributed by atoms with E-state index in [-0.39, 0.29) is 12.0 Å². The van der Waals surface area contributed by atoms with Gasteiger partial charge in [0.1, 0.15) is 6.04 Å². The molecule has 0 aliphatic carbocycles. The van der Waals surface area contributed by atoms with E-state index in [1.54, 1.807) is 6.92 Å².